The molecule has 0 aliphatic heterocycles. The number of benzene rings is 3. The van der Waals surface area contributed by atoms with Gasteiger partial charge in [-0.1, -0.05) is 41.9 Å². The molecule has 0 unspecified atom stereocenters. The third-order valence-corrected chi connectivity index (χ3v) is 6.80. The summed E-state index contributed by atoms with van der Waals surface area (Å²) in [6, 6.07) is 15.4. The monoisotopic (exact) mass is 690 g/mol. The van der Waals surface area contributed by atoms with E-state index in [0.29, 0.717) is 46.0 Å². The lowest BCUT2D eigenvalue weighted by Crippen LogP contribution is -2.23. The molecule has 38 heavy (non-hydrogen) atoms. The first kappa shape index (κ1) is 27.7. The molecule has 1 aromatic heterocycles. The Hall–Kier alpha value is -3.32. The normalized spacial score (nSPS) is 11.4. The molecule has 0 radical (unpaired) electrons. The van der Waals surface area contributed by atoms with Gasteiger partial charge in [0, 0.05) is 22.5 Å². The third kappa shape index (κ3) is 6.21. The van der Waals surface area contributed by atoms with E-state index in [1.807, 2.05) is 39.0 Å². The average Bonchev–Trinajstić information content (AvgIpc) is 2.88. The van der Waals surface area contributed by atoms with E-state index in [9.17, 15) is 14.9 Å². The Morgan fingerprint density at radius 2 is 1.97 bits per heavy atom. The molecule has 0 saturated carbocycles. The van der Waals surface area contributed by atoms with Crippen molar-refractivity contribution in [1.29, 1.82) is 0 Å². The van der Waals surface area contributed by atoms with Crippen LogP contribution in [0.2, 0.25) is 0 Å². The zero-order chi connectivity index (χ0) is 27.4. The maximum absolute atomic E-state index is 13.3. The van der Waals surface area contributed by atoms with E-state index in [2.05, 4.69) is 48.6 Å². The highest BCUT2D eigenvalue weighted by Gasteiger charge is 2.16. The lowest BCUT2D eigenvalue weighted by atomic mass is 10.2. The molecule has 0 aliphatic carbocycles. The molecule has 196 valence electrons. The van der Waals surface area contributed by atoms with Gasteiger partial charge >= 0.3 is 0 Å². The number of rotatable bonds is 9. The summed E-state index contributed by atoms with van der Waals surface area (Å²) in [5.41, 5.74) is 1.74. The van der Waals surface area contributed by atoms with Crippen LogP contribution in [0.4, 0.5) is 5.69 Å². The summed E-state index contributed by atoms with van der Waals surface area (Å²) in [4.78, 5) is 28.6. The van der Waals surface area contributed by atoms with Crippen LogP contribution in [0, 0.1) is 13.7 Å². The predicted octanol–water partition coefficient (Wildman–Crippen LogP) is 6.66. The fourth-order valence-electron chi connectivity index (χ4n) is 3.76. The Kier molecular flexibility index (Phi) is 8.77. The van der Waals surface area contributed by atoms with Crippen molar-refractivity contribution in [3.05, 3.63) is 100 Å². The molecule has 9 nitrogen and oxygen atoms in total. The fourth-order valence-corrected chi connectivity index (χ4v) is 4.90. The van der Waals surface area contributed by atoms with Crippen LogP contribution in [-0.4, -0.2) is 27.4 Å². The van der Waals surface area contributed by atoms with Crippen LogP contribution in [0.1, 0.15) is 43.6 Å². The van der Waals surface area contributed by atoms with Crippen LogP contribution in [-0.2, 0) is 6.61 Å². The quantitative estimate of drug-likeness (QED) is 0.0842. The molecule has 4 rings (SSSR count). The largest absolute Gasteiger partial charge is 0.490 e. The smallest absolute Gasteiger partial charge is 0.282 e. The SMILES string of the molecule is CCOc1cc(C=Nn2c(C(C)C)nc3ccc(Br)cc3c2=O)cc(I)c1OCc1cccc([N+](=O)[O-])c1. The standard InChI is InChI=1S/C27H24BrIN4O5/c1-4-37-24-12-18(11-22(29)25(24)38-15-17-6-5-7-20(10-17)33(35)36)14-30-32-26(16(2)3)31-23-9-8-19(28)13-21(23)27(32)34/h5-14,16H,4,15H2,1-3H3. The first-order chi connectivity index (χ1) is 18.2. The lowest BCUT2D eigenvalue weighted by Gasteiger charge is -2.15. The van der Waals surface area contributed by atoms with Gasteiger partial charge in [-0.3, -0.25) is 14.9 Å². The molecule has 0 atom stereocenters. The van der Waals surface area contributed by atoms with Crippen molar-refractivity contribution >= 4 is 61.3 Å². The number of non-ortho nitro benzene ring substituents is 1. The number of hydrogen-bond acceptors (Lipinski definition) is 7. The highest BCUT2D eigenvalue weighted by atomic mass is 127. The first-order valence-corrected chi connectivity index (χ1v) is 13.6. The minimum absolute atomic E-state index is 0.00364. The summed E-state index contributed by atoms with van der Waals surface area (Å²) in [7, 11) is 0. The maximum atomic E-state index is 13.3. The number of ether oxygens (including phenoxy) is 2. The van der Waals surface area contributed by atoms with Crippen LogP contribution < -0.4 is 15.0 Å². The topological polar surface area (TPSA) is 109 Å². The van der Waals surface area contributed by atoms with Crippen LogP contribution in [0.3, 0.4) is 0 Å². The van der Waals surface area contributed by atoms with Crippen molar-refractivity contribution in [3.63, 3.8) is 0 Å². The van der Waals surface area contributed by atoms with Crippen LogP contribution in [0.15, 0.2) is 69.0 Å². The Bertz CT molecular complexity index is 1600. The molecule has 0 spiro atoms. The van der Waals surface area contributed by atoms with E-state index in [0.717, 1.165) is 8.04 Å². The second kappa shape index (κ2) is 12.0. The molecule has 0 N–H and O–H groups in total. The fraction of sp³-hybridized carbons (Fsp3) is 0.222. The molecule has 0 bridgehead atoms. The Labute approximate surface area is 240 Å². The van der Waals surface area contributed by atoms with E-state index in [1.54, 1.807) is 30.5 Å². The van der Waals surface area contributed by atoms with E-state index in [1.165, 1.54) is 16.8 Å². The summed E-state index contributed by atoms with van der Waals surface area (Å²) >= 11 is 5.56. The van der Waals surface area contributed by atoms with Crippen molar-refractivity contribution in [1.82, 2.24) is 9.66 Å². The molecule has 0 amide bonds. The Morgan fingerprint density at radius 3 is 2.68 bits per heavy atom. The van der Waals surface area contributed by atoms with Crippen LogP contribution >= 0.6 is 38.5 Å². The van der Waals surface area contributed by atoms with Crippen molar-refractivity contribution in [2.24, 2.45) is 5.10 Å². The molecule has 0 aliphatic rings. The van der Waals surface area contributed by atoms with Gasteiger partial charge in [0.05, 0.1) is 32.2 Å². The number of nitro benzene ring substituents is 1. The van der Waals surface area contributed by atoms with Crippen molar-refractivity contribution in [3.8, 4) is 11.5 Å². The molecule has 1 heterocycles. The van der Waals surface area contributed by atoms with Gasteiger partial charge in [-0.05, 0) is 71.0 Å². The molecule has 0 fully saturated rings. The zero-order valence-electron chi connectivity index (χ0n) is 20.9. The van der Waals surface area contributed by atoms with Gasteiger partial charge in [0.25, 0.3) is 11.2 Å². The molecule has 11 heteroatoms. The van der Waals surface area contributed by atoms with Crippen LogP contribution in [0.25, 0.3) is 10.9 Å². The maximum Gasteiger partial charge on any atom is 0.282 e. The van der Waals surface area contributed by atoms with Gasteiger partial charge in [-0.2, -0.15) is 9.78 Å². The van der Waals surface area contributed by atoms with Gasteiger partial charge in [0.15, 0.2) is 11.5 Å². The first-order valence-electron chi connectivity index (χ1n) is 11.8. The summed E-state index contributed by atoms with van der Waals surface area (Å²) in [6.45, 7) is 6.33. The number of hydrogen-bond donors (Lipinski definition) is 0. The number of nitro groups is 1. The predicted molar refractivity (Wildman–Crippen MR) is 159 cm³/mol. The molecular formula is C27H24BrIN4O5. The Morgan fingerprint density at radius 1 is 1.18 bits per heavy atom. The minimum Gasteiger partial charge on any atom is -0.490 e. The lowest BCUT2D eigenvalue weighted by molar-refractivity contribution is -0.384. The van der Waals surface area contributed by atoms with Crippen molar-refractivity contribution < 1.29 is 14.4 Å². The molecule has 0 saturated heterocycles. The molecule has 3 aromatic carbocycles. The molecule has 4 aromatic rings. The number of aromatic nitrogens is 2. The van der Waals surface area contributed by atoms with Gasteiger partial charge in [-0.15, -0.1) is 0 Å². The average molecular weight is 691 g/mol. The minimum atomic E-state index is -0.438. The van der Waals surface area contributed by atoms with Gasteiger partial charge < -0.3 is 9.47 Å². The van der Waals surface area contributed by atoms with Gasteiger partial charge in [0.2, 0.25) is 0 Å². The summed E-state index contributed by atoms with van der Waals surface area (Å²) in [6.07, 6.45) is 1.59. The third-order valence-electron chi connectivity index (χ3n) is 5.51. The number of nitrogens with zero attached hydrogens (tertiary/aromatic N) is 4. The van der Waals surface area contributed by atoms with Crippen LogP contribution in [0.5, 0.6) is 11.5 Å². The second-order valence-corrected chi connectivity index (χ2v) is 10.7. The van der Waals surface area contributed by atoms with E-state index in [-0.39, 0.29) is 23.8 Å². The Balaban J connectivity index is 1.68. The number of fused-ring (bicyclic) bond motifs is 1. The van der Waals surface area contributed by atoms with E-state index >= 15 is 0 Å². The van der Waals surface area contributed by atoms with Crippen molar-refractivity contribution in [2.45, 2.75) is 33.3 Å². The highest BCUT2D eigenvalue weighted by molar-refractivity contribution is 14.1. The van der Waals surface area contributed by atoms with Gasteiger partial charge in [-0.25, -0.2) is 4.98 Å². The van der Waals surface area contributed by atoms with E-state index < -0.39 is 4.92 Å². The van der Waals surface area contributed by atoms with E-state index in [4.69, 9.17) is 9.47 Å². The highest BCUT2D eigenvalue weighted by Crippen LogP contribution is 2.35. The second-order valence-electron chi connectivity index (χ2n) is 8.63. The summed E-state index contributed by atoms with van der Waals surface area (Å²) < 4.78 is 14.7. The summed E-state index contributed by atoms with van der Waals surface area (Å²) in [5.74, 6) is 1.55. The van der Waals surface area contributed by atoms with Crippen molar-refractivity contribution in [2.75, 3.05) is 6.61 Å². The zero-order valence-corrected chi connectivity index (χ0v) is 24.6. The summed E-state index contributed by atoms with van der Waals surface area (Å²) in [5, 5.41) is 16.1. The molecular weight excluding hydrogens is 667 g/mol. The number of halogens is 2. The van der Waals surface area contributed by atoms with Gasteiger partial charge in [0.1, 0.15) is 12.4 Å².